The fraction of sp³-hybridized carbons (Fsp3) is 0.824. The number of aromatic amines is 1. The number of nitrogens with zero attached hydrogens (tertiary/aromatic N) is 1. The molecule has 0 radical (unpaired) electrons. The number of hydrogen-bond donors (Lipinski definition) is 3. The van der Waals surface area contributed by atoms with E-state index in [0.717, 1.165) is 25.7 Å². The minimum absolute atomic E-state index is 0.270. The molecule has 0 aromatic carbocycles. The molecule has 0 saturated carbocycles. The normalized spacial score (nSPS) is 15.8. The van der Waals surface area contributed by atoms with E-state index in [9.17, 15) is 5.11 Å². The van der Waals surface area contributed by atoms with Gasteiger partial charge < -0.3 is 15.2 Å². The van der Waals surface area contributed by atoms with Gasteiger partial charge in [-0.05, 0) is 43.4 Å². The van der Waals surface area contributed by atoms with E-state index in [0.29, 0.717) is 17.8 Å². The highest BCUT2D eigenvalue weighted by Crippen LogP contribution is 2.24. The van der Waals surface area contributed by atoms with Gasteiger partial charge in [-0.3, -0.25) is 0 Å². The van der Waals surface area contributed by atoms with Crippen molar-refractivity contribution in [2.75, 3.05) is 13.2 Å². The molecule has 0 aliphatic heterocycles. The summed E-state index contributed by atoms with van der Waals surface area (Å²) in [5, 5.41) is 18.3. The molecule has 0 aliphatic carbocycles. The summed E-state index contributed by atoms with van der Waals surface area (Å²) in [6.45, 7) is 4.94. The van der Waals surface area contributed by atoms with Crippen LogP contribution in [0.25, 0.3) is 0 Å². The van der Waals surface area contributed by atoms with E-state index in [2.05, 4.69) is 23.8 Å². The van der Waals surface area contributed by atoms with E-state index in [1.807, 2.05) is 6.20 Å². The summed E-state index contributed by atoms with van der Waals surface area (Å²) in [6, 6.07) is 0. The third-order valence-electron chi connectivity index (χ3n) is 4.45. The summed E-state index contributed by atoms with van der Waals surface area (Å²) >= 11 is 0. The predicted octanol–water partition coefficient (Wildman–Crippen LogP) is 3.17. The fourth-order valence-corrected chi connectivity index (χ4v) is 2.71. The molecule has 0 saturated heterocycles. The molecule has 1 aromatic heterocycles. The summed E-state index contributed by atoms with van der Waals surface area (Å²) in [7, 11) is 0. The Bertz CT molecular complexity index is 341. The van der Waals surface area contributed by atoms with E-state index < -0.39 is 0 Å². The molecule has 0 bridgehead atoms. The molecule has 0 spiro atoms. The molecule has 1 aromatic rings. The average Bonchev–Trinajstić information content (AvgIpc) is 3.00. The van der Waals surface area contributed by atoms with Crippen molar-refractivity contribution >= 4 is 0 Å². The molecule has 4 nitrogen and oxygen atoms in total. The lowest BCUT2D eigenvalue weighted by Crippen LogP contribution is -2.10. The molecular weight excluding hydrogens is 264 g/mol. The van der Waals surface area contributed by atoms with Crippen LogP contribution < -0.4 is 0 Å². The van der Waals surface area contributed by atoms with Gasteiger partial charge in [0.05, 0.1) is 6.33 Å². The molecule has 21 heavy (non-hydrogen) atoms. The number of rotatable bonds is 12. The molecule has 1 heterocycles. The number of aryl methyl sites for hydroxylation is 1. The third kappa shape index (κ3) is 8.22. The number of aromatic nitrogens is 2. The van der Waals surface area contributed by atoms with E-state index in [4.69, 9.17) is 5.11 Å². The van der Waals surface area contributed by atoms with Crippen molar-refractivity contribution < 1.29 is 10.2 Å². The topological polar surface area (TPSA) is 69.1 Å². The van der Waals surface area contributed by atoms with Crippen molar-refractivity contribution in [2.24, 2.45) is 17.8 Å². The molecule has 3 unspecified atom stereocenters. The largest absolute Gasteiger partial charge is 0.396 e. The number of hydrogen-bond acceptors (Lipinski definition) is 3. The summed E-state index contributed by atoms with van der Waals surface area (Å²) in [4.78, 5) is 7.19. The lowest BCUT2D eigenvalue weighted by atomic mass is 9.87. The van der Waals surface area contributed by atoms with Gasteiger partial charge in [0.1, 0.15) is 0 Å². The number of aliphatic hydroxyl groups is 2. The van der Waals surface area contributed by atoms with Crippen molar-refractivity contribution in [3.63, 3.8) is 0 Å². The van der Waals surface area contributed by atoms with Gasteiger partial charge in [0.15, 0.2) is 0 Å². The van der Waals surface area contributed by atoms with Crippen molar-refractivity contribution in [2.45, 2.75) is 58.8 Å². The van der Waals surface area contributed by atoms with Gasteiger partial charge >= 0.3 is 0 Å². The predicted molar refractivity (Wildman–Crippen MR) is 86.0 cm³/mol. The molecule has 1 rings (SSSR count). The molecule has 122 valence electrons. The maximum absolute atomic E-state index is 9.19. The number of imidazole rings is 1. The standard InChI is InChI=1S/C17H32N2O2/c1-14(5-8-17-11-18-13-19-17)3-6-16(9-10-20)7-4-15(2)12-21/h11,13-16,20-21H,3-10,12H2,1-2H3,(H,18,19). The maximum atomic E-state index is 9.19. The number of nitrogens with one attached hydrogen (secondary N) is 1. The first-order valence-corrected chi connectivity index (χ1v) is 8.34. The van der Waals surface area contributed by atoms with Crippen LogP contribution in [0, 0.1) is 17.8 Å². The zero-order valence-corrected chi connectivity index (χ0v) is 13.6. The smallest absolute Gasteiger partial charge is 0.0921 e. The monoisotopic (exact) mass is 296 g/mol. The third-order valence-corrected chi connectivity index (χ3v) is 4.45. The van der Waals surface area contributed by atoms with Crippen molar-refractivity contribution in [1.82, 2.24) is 9.97 Å². The van der Waals surface area contributed by atoms with Gasteiger partial charge in [0, 0.05) is 25.1 Å². The second kappa shape index (κ2) is 10.8. The van der Waals surface area contributed by atoms with Crippen LogP contribution in [0.4, 0.5) is 0 Å². The minimum atomic E-state index is 0.270. The Labute approximate surface area is 129 Å². The van der Waals surface area contributed by atoms with E-state index in [1.165, 1.54) is 25.0 Å². The Kier molecular flexibility index (Phi) is 9.35. The Morgan fingerprint density at radius 3 is 2.29 bits per heavy atom. The first kappa shape index (κ1) is 18.2. The zero-order chi connectivity index (χ0) is 15.5. The Balaban J connectivity index is 2.21. The van der Waals surface area contributed by atoms with Crippen molar-refractivity contribution in [3.05, 3.63) is 18.2 Å². The molecule has 3 N–H and O–H groups in total. The average molecular weight is 296 g/mol. The molecule has 4 heteroatoms. The molecule has 0 amide bonds. The van der Waals surface area contributed by atoms with Crippen LogP contribution in [0.2, 0.25) is 0 Å². The summed E-state index contributed by atoms with van der Waals surface area (Å²) in [5.41, 5.74) is 1.21. The van der Waals surface area contributed by atoms with Gasteiger partial charge in [0.25, 0.3) is 0 Å². The van der Waals surface area contributed by atoms with Crippen LogP contribution in [-0.4, -0.2) is 33.4 Å². The van der Waals surface area contributed by atoms with Gasteiger partial charge in [0.2, 0.25) is 0 Å². The zero-order valence-electron chi connectivity index (χ0n) is 13.6. The highest BCUT2D eigenvalue weighted by atomic mass is 16.3. The van der Waals surface area contributed by atoms with E-state index >= 15 is 0 Å². The lowest BCUT2D eigenvalue weighted by molar-refractivity contribution is 0.203. The molecule has 0 aliphatic rings. The van der Waals surface area contributed by atoms with Crippen LogP contribution in [0.1, 0.15) is 58.1 Å². The molecular formula is C17H32N2O2. The summed E-state index contributed by atoms with van der Waals surface area (Å²) in [6.07, 6.45) is 11.4. The highest BCUT2D eigenvalue weighted by Gasteiger charge is 2.13. The number of H-pyrrole nitrogens is 1. The Morgan fingerprint density at radius 1 is 1.00 bits per heavy atom. The first-order chi connectivity index (χ1) is 10.2. The van der Waals surface area contributed by atoms with Crippen LogP contribution in [0.5, 0.6) is 0 Å². The Hall–Kier alpha value is -0.870. The van der Waals surface area contributed by atoms with Gasteiger partial charge in [-0.2, -0.15) is 0 Å². The summed E-state index contributed by atoms with van der Waals surface area (Å²) in [5.74, 6) is 1.67. The molecule has 3 atom stereocenters. The molecule has 0 fully saturated rings. The van der Waals surface area contributed by atoms with Crippen LogP contribution >= 0.6 is 0 Å². The summed E-state index contributed by atoms with van der Waals surface area (Å²) < 4.78 is 0. The van der Waals surface area contributed by atoms with Gasteiger partial charge in [-0.25, -0.2) is 4.98 Å². The SMILES string of the molecule is CC(CO)CCC(CCO)CCC(C)CCc1cnc[nH]1. The van der Waals surface area contributed by atoms with E-state index in [1.54, 1.807) is 6.33 Å². The van der Waals surface area contributed by atoms with Crippen molar-refractivity contribution in [1.29, 1.82) is 0 Å². The van der Waals surface area contributed by atoms with Crippen LogP contribution in [-0.2, 0) is 6.42 Å². The fourth-order valence-electron chi connectivity index (χ4n) is 2.71. The van der Waals surface area contributed by atoms with Crippen LogP contribution in [0.15, 0.2) is 12.5 Å². The lowest BCUT2D eigenvalue weighted by Gasteiger charge is -2.20. The van der Waals surface area contributed by atoms with Gasteiger partial charge in [-0.15, -0.1) is 0 Å². The van der Waals surface area contributed by atoms with Crippen molar-refractivity contribution in [3.8, 4) is 0 Å². The van der Waals surface area contributed by atoms with E-state index in [-0.39, 0.29) is 13.2 Å². The number of aliphatic hydroxyl groups excluding tert-OH is 2. The second-order valence-corrected chi connectivity index (χ2v) is 6.54. The second-order valence-electron chi connectivity index (χ2n) is 6.54. The Morgan fingerprint density at radius 2 is 1.71 bits per heavy atom. The quantitative estimate of drug-likeness (QED) is 0.555. The van der Waals surface area contributed by atoms with Gasteiger partial charge in [-0.1, -0.05) is 33.1 Å². The highest BCUT2D eigenvalue weighted by molar-refractivity contribution is 4.94. The van der Waals surface area contributed by atoms with Crippen LogP contribution in [0.3, 0.4) is 0 Å². The maximum Gasteiger partial charge on any atom is 0.0921 e. The first-order valence-electron chi connectivity index (χ1n) is 8.34. The minimum Gasteiger partial charge on any atom is -0.396 e.